The van der Waals surface area contributed by atoms with Crippen LogP contribution in [0.25, 0.3) is 0 Å². The molecule has 0 saturated carbocycles. The predicted molar refractivity (Wildman–Crippen MR) is 75.8 cm³/mol. The molecule has 2 rings (SSSR count). The van der Waals surface area contributed by atoms with Crippen molar-refractivity contribution in [3.05, 3.63) is 35.9 Å². The number of piperidine rings is 1. The largest absolute Gasteiger partial charge is 0.336 e. The number of carbonyl (C=O) groups is 1. The zero-order valence-corrected chi connectivity index (χ0v) is 11.6. The lowest BCUT2D eigenvalue weighted by atomic mass is 10.0. The highest BCUT2D eigenvalue weighted by atomic mass is 35.5. The van der Waals surface area contributed by atoms with E-state index in [2.05, 4.69) is 17.4 Å². The number of benzene rings is 1. The molecule has 1 fully saturated rings. The van der Waals surface area contributed by atoms with Gasteiger partial charge in [0.25, 0.3) is 0 Å². The van der Waals surface area contributed by atoms with Crippen LogP contribution in [0, 0.1) is 0 Å². The molecule has 0 radical (unpaired) electrons. The number of nitrogens with one attached hydrogen (secondary N) is 1. The molecule has 18 heavy (non-hydrogen) atoms. The zero-order valence-electron chi connectivity index (χ0n) is 10.8. The standard InChI is InChI=1S/C14H20N2O.ClH/c1-12(17)16(14-7-9-15-10-8-14)11-13-5-3-2-4-6-13;/h2-6,14-15H,7-11H2,1H3;1H. The topological polar surface area (TPSA) is 32.3 Å². The van der Waals surface area contributed by atoms with Gasteiger partial charge >= 0.3 is 0 Å². The average Bonchev–Trinajstić information content (AvgIpc) is 2.38. The smallest absolute Gasteiger partial charge is 0.219 e. The normalized spacial score (nSPS) is 15.8. The summed E-state index contributed by atoms with van der Waals surface area (Å²) in [7, 11) is 0. The Morgan fingerprint density at radius 2 is 1.89 bits per heavy atom. The van der Waals surface area contributed by atoms with E-state index in [-0.39, 0.29) is 18.3 Å². The summed E-state index contributed by atoms with van der Waals surface area (Å²) in [5.41, 5.74) is 1.21. The van der Waals surface area contributed by atoms with Gasteiger partial charge < -0.3 is 10.2 Å². The fraction of sp³-hybridized carbons (Fsp3) is 0.500. The summed E-state index contributed by atoms with van der Waals surface area (Å²) in [4.78, 5) is 13.8. The van der Waals surface area contributed by atoms with Gasteiger partial charge in [0.2, 0.25) is 5.91 Å². The minimum atomic E-state index is 0. The molecule has 0 spiro atoms. The summed E-state index contributed by atoms with van der Waals surface area (Å²) in [5, 5.41) is 3.33. The highest BCUT2D eigenvalue weighted by Gasteiger charge is 2.22. The molecule has 1 aromatic carbocycles. The van der Waals surface area contributed by atoms with Gasteiger partial charge in [0.1, 0.15) is 0 Å². The molecule has 4 heteroatoms. The van der Waals surface area contributed by atoms with Crippen LogP contribution in [0.3, 0.4) is 0 Å². The van der Waals surface area contributed by atoms with E-state index in [1.54, 1.807) is 6.92 Å². The van der Waals surface area contributed by atoms with E-state index in [1.807, 2.05) is 23.1 Å². The van der Waals surface area contributed by atoms with Crippen molar-refractivity contribution in [2.75, 3.05) is 13.1 Å². The van der Waals surface area contributed by atoms with Gasteiger partial charge in [-0.1, -0.05) is 30.3 Å². The van der Waals surface area contributed by atoms with Crippen LogP contribution >= 0.6 is 12.4 Å². The van der Waals surface area contributed by atoms with E-state index in [9.17, 15) is 4.79 Å². The third-order valence-corrected chi connectivity index (χ3v) is 3.35. The Hall–Kier alpha value is -1.06. The van der Waals surface area contributed by atoms with Crippen LogP contribution in [0.1, 0.15) is 25.3 Å². The fourth-order valence-electron chi connectivity index (χ4n) is 2.40. The molecule has 0 aliphatic carbocycles. The van der Waals surface area contributed by atoms with Crippen LogP contribution in [0.2, 0.25) is 0 Å². The van der Waals surface area contributed by atoms with Crippen molar-refractivity contribution in [1.82, 2.24) is 10.2 Å². The Morgan fingerprint density at radius 3 is 2.44 bits per heavy atom. The molecule has 0 aromatic heterocycles. The molecule has 100 valence electrons. The van der Waals surface area contributed by atoms with Crippen molar-refractivity contribution in [3.63, 3.8) is 0 Å². The fourth-order valence-corrected chi connectivity index (χ4v) is 2.40. The second-order valence-corrected chi connectivity index (χ2v) is 4.61. The highest BCUT2D eigenvalue weighted by Crippen LogP contribution is 2.15. The number of hydrogen-bond donors (Lipinski definition) is 1. The van der Waals surface area contributed by atoms with Crippen LogP contribution < -0.4 is 5.32 Å². The average molecular weight is 269 g/mol. The first kappa shape index (κ1) is 15.0. The second kappa shape index (κ2) is 7.39. The van der Waals surface area contributed by atoms with Crippen molar-refractivity contribution >= 4 is 18.3 Å². The second-order valence-electron chi connectivity index (χ2n) is 4.61. The lowest BCUT2D eigenvalue weighted by molar-refractivity contribution is -0.132. The molecule has 0 unspecified atom stereocenters. The molecule has 1 saturated heterocycles. The predicted octanol–water partition coefficient (Wildman–Crippen LogP) is 2.21. The molecular formula is C14H21ClN2O. The van der Waals surface area contributed by atoms with Gasteiger partial charge in [0.15, 0.2) is 0 Å². The van der Waals surface area contributed by atoms with E-state index in [1.165, 1.54) is 5.56 Å². The third kappa shape index (κ3) is 4.00. The summed E-state index contributed by atoms with van der Waals surface area (Å²) in [6.45, 7) is 4.44. The molecule has 1 amide bonds. The van der Waals surface area contributed by atoms with Gasteiger partial charge in [-0.2, -0.15) is 0 Å². The molecule has 1 aromatic rings. The Bertz CT molecular complexity index is 363. The van der Waals surface area contributed by atoms with Gasteiger partial charge in [-0.25, -0.2) is 0 Å². The molecule has 1 aliphatic heterocycles. The lowest BCUT2D eigenvalue weighted by Crippen LogP contribution is -2.44. The SMILES string of the molecule is CC(=O)N(Cc1ccccc1)C1CCNCC1.Cl. The zero-order chi connectivity index (χ0) is 12.1. The van der Waals surface area contributed by atoms with Gasteiger partial charge in [0.05, 0.1) is 0 Å². The minimum absolute atomic E-state index is 0. The highest BCUT2D eigenvalue weighted by molar-refractivity contribution is 5.85. The molecule has 1 N–H and O–H groups in total. The number of rotatable bonds is 3. The maximum atomic E-state index is 11.8. The molecule has 0 atom stereocenters. The van der Waals surface area contributed by atoms with Gasteiger partial charge in [-0.15, -0.1) is 12.4 Å². The molecule has 0 bridgehead atoms. The van der Waals surface area contributed by atoms with Crippen LogP contribution in [0.15, 0.2) is 30.3 Å². The molecule has 1 heterocycles. The number of hydrogen-bond acceptors (Lipinski definition) is 2. The van der Waals surface area contributed by atoms with Crippen molar-refractivity contribution in [3.8, 4) is 0 Å². The number of carbonyl (C=O) groups excluding carboxylic acids is 1. The van der Waals surface area contributed by atoms with Crippen LogP contribution in [0.4, 0.5) is 0 Å². The van der Waals surface area contributed by atoms with Crippen molar-refractivity contribution in [2.24, 2.45) is 0 Å². The van der Waals surface area contributed by atoms with E-state index < -0.39 is 0 Å². The van der Waals surface area contributed by atoms with Crippen LogP contribution in [0.5, 0.6) is 0 Å². The maximum absolute atomic E-state index is 11.8. The van der Waals surface area contributed by atoms with Crippen molar-refractivity contribution in [1.29, 1.82) is 0 Å². The quantitative estimate of drug-likeness (QED) is 0.912. The van der Waals surface area contributed by atoms with Crippen molar-refractivity contribution < 1.29 is 4.79 Å². The summed E-state index contributed by atoms with van der Waals surface area (Å²) in [6.07, 6.45) is 2.12. The molecule has 1 aliphatic rings. The Kier molecular flexibility index (Phi) is 6.16. The Balaban J connectivity index is 0.00000162. The van der Waals surface area contributed by atoms with E-state index in [0.717, 1.165) is 32.5 Å². The van der Waals surface area contributed by atoms with Gasteiger partial charge in [-0.3, -0.25) is 4.79 Å². The van der Waals surface area contributed by atoms with E-state index >= 15 is 0 Å². The maximum Gasteiger partial charge on any atom is 0.219 e. The molecule has 3 nitrogen and oxygen atoms in total. The first-order valence-corrected chi connectivity index (χ1v) is 6.29. The minimum Gasteiger partial charge on any atom is -0.336 e. The summed E-state index contributed by atoms with van der Waals surface area (Å²) < 4.78 is 0. The summed E-state index contributed by atoms with van der Waals surface area (Å²) in [6, 6.07) is 10.6. The number of nitrogens with zero attached hydrogens (tertiary/aromatic N) is 1. The first-order chi connectivity index (χ1) is 8.27. The monoisotopic (exact) mass is 268 g/mol. The molecular weight excluding hydrogens is 248 g/mol. The lowest BCUT2D eigenvalue weighted by Gasteiger charge is -2.34. The Labute approximate surface area is 115 Å². The number of halogens is 1. The van der Waals surface area contributed by atoms with Crippen LogP contribution in [-0.2, 0) is 11.3 Å². The third-order valence-electron chi connectivity index (χ3n) is 3.35. The van der Waals surface area contributed by atoms with Gasteiger partial charge in [0, 0.05) is 19.5 Å². The van der Waals surface area contributed by atoms with Crippen LogP contribution in [-0.4, -0.2) is 29.9 Å². The van der Waals surface area contributed by atoms with Gasteiger partial charge in [-0.05, 0) is 31.5 Å². The number of amides is 1. The first-order valence-electron chi connectivity index (χ1n) is 6.29. The summed E-state index contributed by atoms with van der Waals surface area (Å²) in [5.74, 6) is 0.181. The summed E-state index contributed by atoms with van der Waals surface area (Å²) >= 11 is 0. The van der Waals surface area contributed by atoms with E-state index in [0.29, 0.717) is 6.04 Å². The van der Waals surface area contributed by atoms with Crippen molar-refractivity contribution in [2.45, 2.75) is 32.4 Å². The Morgan fingerprint density at radius 1 is 1.28 bits per heavy atom. The van der Waals surface area contributed by atoms with E-state index in [4.69, 9.17) is 0 Å².